The zero-order chi connectivity index (χ0) is 11.7. The van der Waals surface area contributed by atoms with Crippen LogP contribution < -0.4 is 0 Å². The molecule has 0 N–H and O–H groups in total. The number of benzene rings is 1. The molecule has 1 nitrogen and oxygen atoms in total. The average Bonchev–Trinajstić information content (AvgIpc) is 2.83. The van der Waals surface area contributed by atoms with Gasteiger partial charge in [-0.1, -0.05) is 52.9 Å². The quantitative estimate of drug-likeness (QED) is 0.564. The van der Waals surface area contributed by atoms with Gasteiger partial charge in [0.15, 0.2) is 0 Å². The highest BCUT2D eigenvalue weighted by molar-refractivity contribution is 14.1. The number of hydrogen-bond acceptors (Lipinski definition) is 2. The predicted octanol–water partition coefficient (Wildman–Crippen LogP) is 4.67. The topological polar surface area (TPSA) is 12.9 Å². The number of halogens is 1. The molecule has 0 spiro atoms. The fourth-order valence-electron chi connectivity index (χ4n) is 2.36. The van der Waals surface area contributed by atoms with Crippen molar-refractivity contribution in [1.29, 1.82) is 0 Å². The molecule has 1 heterocycles. The van der Waals surface area contributed by atoms with Crippen molar-refractivity contribution >= 4 is 33.9 Å². The van der Waals surface area contributed by atoms with Crippen LogP contribution in [0.1, 0.15) is 29.3 Å². The highest BCUT2D eigenvalue weighted by atomic mass is 127. The van der Waals surface area contributed by atoms with E-state index >= 15 is 0 Å². The number of hydrogen-bond donors (Lipinski definition) is 0. The van der Waals surface area contributed by atoms with Crippen LogP contribution in [-0.4, -0.2) is 9.41 Å². The second kappa shape index (κ2) is 5.06. The minimum Gasteiger partial charge on any atom is -0.240 e. The van der Waals surface area contributed by atoms with Crippen molar-refractivity contribution in [3.05, 3.63) is 40.9 Å². The van der Waals surface area contributed by atoms with E-state index in [4.69, 9.17) is 4.98 Å². The summed E-state index contributed by atoms with van der Waals surface area (Å²) in [6.07, 6.45) is 3.87. The molecule has 3 rings (SSSR count). The van der Waals surface area contributed by atoms with Crippen LogP contribution in [0.3, 0.4) is 0 Å². The van der Waals surface area contributed by atoms with E-state index in [1.165, 1.54) is 44.8 Å². The van der Waals surface area contributed by atoms with Gasteiger partial charge in [-0.3, -0.25) is 0 Å². The third-order valence-electron chi connectivity index (χ3n) is 3.28. The second-order valence-electron chi connectivity index (χ2n) is 4.44. The SMILES string of the molecule is IC[C@H]1CCCc2sc(-c3ccccc3)nc21. The first-order valence-corrected chi connectivity index (χ1v) is 8.33. The number of nitrogens with zero attached hydrogens (tertiary/aromatic N) is 1. The Kier molecular flexibility index (Phi) is 3.47. The van der Waals surface area contributed by atoms with E-state index in [2.05, 4.69) is 52.9 Å². The Labute approximate surface area is 119 Å². The number of fused-ring (bicyclic) bond motifs is 1. The second-order valence-corrected chi connectivity index (χ2v) is 6.40. The summed E-state index contributed by atoms with van der Waals surface area (Å²) in [5.74, 6) is 0.688. The van der Waals surface area contributed by atoms with Gasteiger partial charge in [-0.15, -0.1) is 11.3 Å². The first-order chi connectivity index (χ1) is 8.38. The molecule has 88 valence electrons. The van der Waals surface area contributed by atoms with E-state index in [0.717, 1.165) is 0 Å². The van der Waals surface area contributed by atoms with E-state index in [-0.39, 0.29) is 0 Å². The number of aryl methyl sites for hydroxylation is 1. The number of alkyl halides is 1. The summed E-state index contributed by atoms with van der Waals surface area (Å²) in [7, 11) is 0. The van der Waals surface area contributed by atoms with Crippen LogP contribution in [0.5, 0.6) is 0 Å². The highest BCUT2D eigenvalue weighted by Crippen LogP contribution is 2.38. The van der Waals surface area contributed by atoms with E-state index in [1.807, 2.05) is 11.3 Å². The summed E-state index contributed by atoms with van der Waals surface area (Å²) in [5, 5.41) is 1.20. The molecule has 1 atom stereocenters. The Morgan fingerprint density at radius 3 is 2.88 bits per heavy atom. The van der Waals surface area contributed by atoms with Crippen LogP contribution in [0.15, 0.2) is 30.3 Å². The summed E-state index contributed by atoms with van der Waals surface area (Å²) in [4.78, 5) is 6.41. The van der Waals surface area contributed by atoms with Gasteiger partial charge in [-0.05, 0) is 19.3 Å². The Morgan fingerprint density at radius 2 is 2.12 bits per heavy atom. The fraction of sp³-hybridized carbons (Fsp3) is 0.357. The smallest absolute Gasteiger partial charge is 0.123 e. The molecule has 3 heteroatoms. The molecular formula is C14H14INS. The summed E-state index contributed by atoms with van der Waals surface area (Å²) in [6.45, 7) is 0. The standard InChI is InChI=1S/C14H14INS/c15-9-11-7-4-8-12-13(11)16-14(17-12)10-5-2-1-3-6-10/h1-3,5-6,11H,4,7-9H2/t11-/m1/s1. The van der Waals surface area contributed by atoms with E-state index in [0.29, 0.717) is 5.92 Å². The third-order valence-corrected chi connectivity index (χ3v) is 5.52. The lowest BCUT2D eigenvalue weighted by Crippen LogP contribution is -2.09. The van der Waals surface area contributed by atoms with Gasteiger partial charge in [0.05, 0.1) is 5.69 Å². The lowest BCUT2D eigenvalue weighted by Gasteiger charge is -2.18. The Hall–Kier alpha value is -0.420. The minimum absolute atomic E-state index is 0.688. The summed E-state index contributed by atoms with van der Waals surface area (Å²) in [5.41, 5.74) is 2.65. The molecule has 0 aliphatic heterocycles. The molecule has 0 unspecified atom stereocenters. The van der Waals surface area contributed by atoms with Gasteiger partial charge in [0.25, 0.3) is 0 Å². The largest absolute Gasteiger partial charge is 0.240 e. The fourth-order valence-corrected chi connectivity index (χ4v) is 4.41. The van der Waals surface area contributed by atoms with Gasteiger partial charge in [-0.2, -0.15) is 0 Å². The first kappa shape index (κ1) is 11.7. The maximum absolute atomic E-state index is 4.89. The molecule has 0 amide bonds. The van der Waals surface area contributed by atoms with E-state index < -0.39 is 0 Å². The lowest BCUT2D eigenvalue weighted by atomic mass is 9.93. The van der Waals surface area contributed by atoms with Crippen LogP contribution in [0.25, 0.3) is 10.6 Å². The van der Waals surface area contributed by atoms with E-state index in [9.17, 15) is 0 Å². The van der Waals surface area contributed by atoms with Gasteiger partial charge >= 0.3 is 0 Å². The van der Waals surface area contributed by atoms with Gasteiger partial charge in [0, 0.05) is 20.8 Å². The van der Waals surface area contributed by atoms with Crippen molar-refractivity contribution in [3.63, 3.8) is 0 Å². The van der Waals surface area contributed by atoms with Crippen molar-refractivity contribution in [2.45, 2.75) is 25.2 Å². The van der Waals surface area contributed by atoms with Crippen molar-refractivity contribution in [2.24, 2.45) is 0 Å². The van der Waals surface area contributed by atoms with Crippen molar-refractivity contribution in [1.82, 2.24) is 4.98 Å². The zero-order valence-corrected chi connectivity index (χ0v) is 12.5. The molecule has 1 aliphatic carbocycles. The van der Waals surface area contributed by atoms with Crippen LogP contribution in [0.2, 0.25) is 0 Å². The van der Waals surface area contributed by atoms with Crippen LogP contribution >= 0.6 is 33.9 Å². The zero-order valence-electron chi connectivity index (χ0n) is 9.53. The lowest BCUT2D eigenvalue weighted by molar-refractivity contribution is 0.595. The first-order valence-electron chi connectivity index (χ1n) is 5.99. The van der Waals surface area contributed by atoms with Crippen molar-refractivity contribution in [3.8, 4) is 10.6 Å². The van der Waals surface area contributed by atoms with Crippen molar-refractivity contribution < 1.29 is 0 Å². The molecule has 0 radical (unpaired) electrons. The number of thiazole rings is 1. The maximum atomic E-state index is 4.89. The Balaban J connectivity index is 2.02. The normalized spacial score (nSPS) is 19.0. The van der Waals surface area contributed by atoms with Crippen LogP contribution in [-0.2, 0) is 6.42 Å². The third kappa shape index (κ3) is 2.27. The molecule has 1 aromatic carbocycles. The molecule has 17 heavy (non-hydrogen) atoms. The summed E-state index contributed by atoms with van der Waals surface area (Å²) < 4.78 is 1.20. The Bertz CT molecular complexity index is 506. The predicted molar refractivity (Wildman–Crippen MR) is 82.1 cm³/mol. The minimum atomic E-state index is 0.688. The summed E-state index contributed by atoms with van der Waals surface area (Å²) in [6, 6.07) is 10.6. The average molecular weight is 355 g/mol. The molecule has 2 aromatic rings. The molecular weight excluding hydrogens is 341 g/mol. The molecule has 0 saturated carbocycles. The number of aromatic nitrogens is 1. The van der Waals surface area contributed by atoms with Crippen LogP contribution in [0, 0.1) is 0 Å². The van der Waals surface area contributed by atoms with Gasteiger partial charge in [0.2, 0.25) is 0 Å². The monoisotopic (exact) mass is 355 g/mol. The Morgan fingerprint density at radius 1 is 1.29 bits per heavy atom. The summed E-state index contributed by atoms with van der Waals surface area (Å²) >= 11 is 4.39. The highest BCUT2D eigenvalue weighted by Gasteiger charge is 2.23. The van der Waals surface area contributed by atoms with E-state index in [1.54, 1.807) is 0 Å². The van der Waals surface area contributed by atoms with Gasteiger partial charge < -0.3 is 0 Å². The molecule has 0 bridgehead atoms. The van der Waals surface area contributed by atoms with Gasteiger partial charge in [0.1, 0.15) is 5.01 Å². The molecule has 0 saturated heterocycles. The molecule has 1 aliphatic rings. The molecule has 1 aromatic heterocycles. The number of rotatable bonds is 2. The maximum Gasteiger partial charge on any atom is 0.123 e. The van der Waals surface area contributed by atoms with Crippen molar-refractivity contribution in [2.75, 3.05) is 4.43 Å². The molecule has 0 fully saturated rings. The van der Waals surface area contributed by atoms with Crippen LogP contribution in [0.4, 0.5) is 0 Å². The van der Waals surface area contributed by atoms with Gasteiger partial charge in [-0.25, -0.2) is 4.98 Å².